The molecule has 0 bridgehead atoms. The molecule has 1 unspecified atom stereocenters. The third-order valence-electron chi connectivity index (χ3n) is 3.62. The summed E-state index contributed by atoms with van der Waals surface area (Å²) in [6.07, 6.45) is 4.17. The topological polar surface area (TPSA) is 15.3 Å². The molecule has 2 saturated heterocycles. The van der Waals surface area contributed by atoms with E-state index in [2.05, 4.69) is 28.9 Å². The van der Waals surface area contributed by atoms with Crippen LogP contribution in [0.4, 0.5) is 0 Å². The maximum atomic E-state index is 3.57. The Balaban J connectivity index is 1.64. The fraction of sp³-hybridized carbons (Fsp3) is 1.00. The van der Waals surface area contributed by atoms with E-state index in [-0.39, 0.29) is 0 Å². The molecule has 2 nitrogen and oxygen atoms in total. The maximum Gasteiger partial charge on any atom is 0.00912 e. The number of piperidine rings is 1. The molecule has 0 radical (unpaired) electrons. The molecule has 0 saturated carbocycles. The molecule has 88 valence electrons. The van der Waals surface area contributed by atoms with Gasteiger partial charge in [0.05, 0.1) is 0 Å². The normalized spacial score (nSPS) is 29.8. The molecule has 0 aromatic carbocycles. The van der Waals surface area contributed by atoms with E-state index < -0.39 is 0 Å². The van der Waals surface area contributed by atoms with Crippen LogP contribution in [0.2, 0.25) is 0 Å². The van der Waals surface area contributed by atoms with Gasteiger partial charge in [-0.1, -0.05) is 6.92 Å². The van der Waals surface area contributed by atoms with Crippen LogP contribution in [0.25, 0.3) is 0 Å². The quantitative estimate of drug-likeness (QED) is 0.790. The minimum atomic E-state index is 0.796. The lowest BCUT2D eigenvalue weighted by Gasteiger charge is -2.33. The summed E-state index contributed by atoms with van der Waals surface area (Å²) in [6.45, 7) is 7.34. The number of nitrogens with zero attached hydrogens (tertiary/aromatic N) is 1. The second kappa shape index (κ2) is 6.12. The molecule has 15 heavy (non-hydrogen) atoms. The van der Waals surface area contributed by atoms with Crippen molar-refractivity contribution >= 4 is 11.8 Å². The van der Waals surface area contributed by atoms with Crippen molar-refractivity contribution in [2.24, 2.45) is 5.92 Å². The van der Waals surface area contributed by atoms with Crippen LogP contribution in [-0.2, 0) is 0 Å². The van der Waals surface area contributed by atoms with Gasteiger partial charge in [-0.25, -0.2) is 0 Å². The fourth-order valence-corrected chi connectivity index (χ4v) is 3.97. The van der Waals surface area contributed by atoms with Crippen LogP contribution in [0.3, 0.4) is 0 Å². The molecule has 2 aliphatic rings. The lowest BCUT2D eigenvalue weighted by atomic mass is 10.0. The first-order chi connectivity index (χ1) is 7.38. The summed E-state index contributed by atoms with van der Waals surface area (Å²) in [4.78, 5) is 2.68. The van der Waals surface area contributed by atoms with Gasteiger partial charge in [-0.3, -0.25) is 0 Å². The van der Waals surface area contributed by atoms with Gasteiger partial charge in [0, 0.05) is 12.6 Å². The van der Waals surface area contributed by atoms with Crippen molar-refractivity contribution in [2.45, 2.75) is 32.2 Å². The van der Waals surface area contributed by atoms with Crippen LogP contribution >= 0.6 is 11.8 Å². The van der Waals surface area contributed by atoms with E-state index in [9.17, 15) is 0 Å². The summed E-state index contributed by atoms with van der Waals surface area (Å²) in [5.74, 6) is 3.80. The highest BCUT2D eigenvalue weighted by atomic mass is 32.2. The smallest absolute Gasteiger partial charge is 0.00912 e. The molecule has 0 aliphatic carbocycles. The first-order valence-electron chi connectivity index (χ1n) is 6.42. The van der Waals surface area contributed by atoms with Crippen molar-refractivity contribution in [1.29, 1.82) is 0 Å². The van der Waals surface area contributed by atoms with Crippen molar-refractivity contribution in [3.8, 4) is 0 Å². The molecule has 0 aromatic heterocycles. The Morgan fingerprint density at radius 3 is 2.67 bits per heavy atom. The number of rotatable bonds is 4. The Hall–Kier alpha value is 0.270. The van der Waals surface area contributed by atoms with Gasteiger partial charge >= 0.3 is 0 Å². The Morgan fingerprint density at radius 1 is 1.27 bits per heavy atom. The van der Waals surface area contributed by atoms with E-state index in [0.29, 0.717) is 0 Å². The first-order valence-corrected chi connectivity index (χ1v) is 7.57. The summed E-state index contributed by atoms with van der Waals surface area (Å²) in [5.41, 5.74) is 0. The highest BCUT2D eigenvalue weighted by molar-refractivity contribution is 7.99. The maximum absolute atomic E-state index is 3.57. The number of likely N-dealkylation sites (tertiary alicyclic amines) is 1. The molecule has 2 heterocycles. The van der Waals surface area contributed by atoms with Gasteiger partial charge in [0.25, 0.3) is 0 Å². The Kier molecular flexibility index (Phi) is 4.79. The van der Waals surface area contributed by atoms with E-state index in [4.69, 9.17) is 0 Å². The zero-order chi connectivity index (χ0) is 10.5. The van der Waals surface area contributed by atoms with Gasteiger partial charge in [-0.05, 0) is 56.3 Å². The Morgan fingerprint density at radius 2 is 2.07 bits per heavy atom. The summed E-state index contributed by atoms with van der Waals surface area (Å²) < 4.78 is 0. The van der Waals surface area contributed by atoms with E-state index in [0.717, 1.165) is 18.5 Å². The summed E-state index contributed by atoms with van der Waals surface area (Å²) >= 11 is 2.14. The predicted molar refractivity (Wildman–Crippen MR) is 68.6 cm³/mol. The van der Waals surface area contributed by atoms with Crippen molar-refractivity contribution in [1.82, 2.24) is 10.2 Å². The van der Waals surface area contributed by atoms with E-state index in [1.807, 2.05) is 0 Å². The summed E-state index contributed by atoms with van der Waals surface area (Å²) in [6, 6.07) is 0.796. The molecule has 0 aromatic rings. The summed E-state index contributed by atoms with van der Waals surface area (Å²) in [7, 11) is 0. The number of nitrogens with one attached hydrogen (secondary N) is 1. The molecule has 0 amide bonds. The lowest BCUT2D eigenvalue weighted by Crippen LogP contribution is -2.43. The predicted octanol–water partition coefficient (Wildman–Crippen LogP) is 1.81. The van der Waals surface area contributed by atoms with Crippen molar-refractivity contribution in [3.63, 3.8) is 0 Å². The van der Waals surface area contributed by atoms with Gasteiger partial charge in [0.1, 0.15) is 0 Å². The van der Waals surface area contributed by atoms with Gasteiger partial charge in [-0.2, -0.15) is 11.8 Å². The second-order valence-corrected chi connectivity index (χ2v) is 6.01. The minimum Gasteiger partial charge on any atom is -0.314 e. The van der Waals surface area contributed by atoms with Gasteiger partial charge < -0.3 is 10.2 Å². The van der Waals surface area contributed by atoms with Crippen LogP contribution in [-0.4, -0.2) is 48.6 Å². The fourth-order valence-electron chi connectivity index (χ4n) is 2.70. The molecular weight excluding hydrogens is 204 g/mol. The minimum absolute atomic E-state index is 0.796. The standard InChI is InChI=1S/C12H24N2S/c1-2-13-12-3-6-14(7-4-12)9-11-5-8-15-10-11/h11-13H,2-10H2,1H3. The van der Waals surface area contributed by atoms with Crippen LogP contribution in [0.15, 0.2) is 0 Å². The average molecular weight is 228 g/mol. The summed E-state index contributed by atoms with van der Waals surface area (Å²) in [5, 5.41) is 3.57. The molecule has 3 heteroatoms. The van der Waals surface area contributed by atoms with E-state index in [1.165, 1.54) is 50.4 Å². The van der Waals surface area contributed by atoms with Gasteiger partial charge in [0.15, 0.2) is 0 Å². The zero-order valence-electron chi connectivity index (χ0n) is 9.87. The third kappa shape index (κ3) is 3.65. The molecule has 1 atom stereocenters. The number of hydrogen-bond acceptors (Lipinski definition) is 3. The lowest BCUT2D eigenvalue weighted by molar-refractivity contribution is 0.178. The molecule has 2 fully saturated rings. The van der Waals surface area contributed by atoms with Crippen LogP contribution in [0, 0.1) is 5.92 Å². The molecule has 0 spiro atoms. The van der Waals surface area contributed by atoms with Gasteiger partial charge in [0.2, 0.25) is 0 Å². The Bertz CT molecular complexity index is 172. The van der Waals surface area contributed by atoms with Crippen molar-refractivity contribution in [3.05, 3.63) is 0 Å². The highest BCUT2D eigenvalue weighted by Gasteiger charge is 2.22. The zero-order valence-corrected chi connectivity index (χ0v) is 10.7. The largest absolute Gasteiger partial charge is 0.314 e. The SMILES string of the molecule is CCNC1CCN(CC2CCSC2)CC1. The van der Waals surface area contributed by atoms with Crippen LogP contribution in [0.1, 0.15) is 26.2 Å². The Labute approximate surface area is 98.2 Å². The van der Waals surface area contributed by atoms with Crippen molar-refractivity contribution in [2.75, 3.05) is 37.7 Å². The third-order valence-corrected chi connectivity index (χ3v) is 4.85. The first kappa shape index (κ1) is 11.7. The number of hydrogen-bond donors (Lipinski definition) is 1. The van der Waals surface area contributed by atoms with Gasteiger partial charge in [-0.15, -0.1) is 0 Å². The average Bonchev–Trinajstić information content (AvgIpc) is 2.74. The van der Waals surface area contributed by atoms with Crippen molar-refractivity contribution < 1.29 is 0 Å². The van der Waals surface area contributed by atoms with Crippen LogP contribution in [0.5, 0.6) is 0 Å². The van der Waals surface area contributed by atoms with E-state index in [1.54, 1.807) is 0 Å². The monoisotopic (exact) mass is 228 g/mol. The second-order valence-electron chi connectivity index (χ2n) is 4.86. The molecule has 1 N–H and O–H groups in total. The molecular formula is C12H24N2S. The van der Waals surface area contributed by atoms with E-state index >= 15 is 0 Å². The molecule has 2 aliphatic heterocycles. The highest BCUT2D eigenvalue weighted by Crippen LogP contribution is 2.25. The van der Waals surface area contributed by atoms with Crippen LogP contribution < -0.4 is 5.32 Å². The number of thioether (sulfide) groups is 1. The molecule has 2 rings (SSSR count).